The van der Waals surface area contributed by atoms with Crippen LogP contribution in [0.4, 0.5) is 0 Å². The molecule has 2 rings (SSSR count). The van der Waals surface area contributed by atoms with Gasteiger partial charge in [-0.25, -0.2) is 0 Å². The number of ether oxygens (including phenoxy) is 2. The number of aromatic nitrogens is 1. The number of hydrogen-bond donors (Lipinski definition) is 0. The van der Waals surface area contributed by atoms with Gasteiger partial charge in [-0.2, -0.15) is 0 Å². The summed E-state index contributed by atoms with van der Waals surface area (Å²) in [4.78, 5) is 16.3. The second kappa shape index (κ2) is 6.70. The molecule has 1 heterocycles. The van der Waals surface area contributed by atoms with Gasteiger partial charge in [0.05, 0.1) is 19.9 Å². The number of Topliss-reactive ketones (excluding diaryl/α,β-unsaturated/α-hetero) is 1. The largest absolute Gasteiger partial charge is 0.497 e. The van der Waals surface area contributed by atoms with E-state index in [1.165, 1.54) is 0 Å². The number of rotatable bonds is 6. The summed E-state index contributed by atoms with van der Waals surface area (Å²) in [6.45, 7) is 2.44. The summed E-state index contributed by atoms with van der Waals surface area (Å²) in [5.74, 6) is 1.37. The molecule has 104 valence electrons. The molecule has 0 saturated carbocycles. The van der Waals surface area contributed by atoms with Gasteiger partial charge in [0.1, 0.15) is 11.5 Å². The number of hydrogen-bond acceptors (Lipinski definition) is 4. The highest BCUT2D eigenvalue weighted by atomic mass is 16.5. The van der Waals surface area contributed by atoms with Gasteiger partial charge in [-0.05, 0) is 30.7 Å². The first-order valence-electron chi connectivity index (χ1n) is 6.47. The van der Waals surface area contributed by atoms with Gasteiger partial charge in [-0.15, -0.1) is 0 Å². The van der Waals surface area contributed by atoms with Gasteiger partial charge in [-0.1, -0.05) is 12.1 Å². The predicted octanol–water partition coefficient (Wildman–Crippen LogP) is 2.91. The van der Waals surface area contributed by atoms with Crippen molar-refractivity contribution < 1.29 is 14.3 Å². The number of carbonyl (C=O) groups is 1. The van der Waals surface area contributed by atoms with Crippen LogP contribution in [0.15, 0.2) is 42.7 Å². The third-order valence-corrected chi connectivity index (χ3v) is 2.84. The quantitative estimate of drug-likeness (QED) is 0.758. The third-order valence-electron chi connectivity index (χ3n) is 2.84. The Labute approximate surface area is 118 Å². The fraction of sp³-hybridized carbons (Fsp3) is 0.250. The fourth-order valence-corrected chi connectivity index (χ4v) is 1.89. The molecule has 0 spiro atoms. The van der Waals surface area contributed by atoms with E-state index in [4.69, 9.17) is 9.47 Å². The topological polar surface area (TPSA) is 48.4 Å². The van der Waals surface area contributed by atoms with Crippen LogP contribution in [-0.4, -0.2) is 24.5 Å². The minimum atomic E-state index is 0.00676. The first kappa shape index (κ1) is 14.1. The van der Waals surface area contributed by atoms with Crippen LogP contribution in [0.2, 0.25) is 0 Å². The van der Waals surface area contributed by atoms with Gasteiger partial charge in [0, 0.05) is 18.2 Å². The molecule has 0 bridgehead atoms. The maximum absolute atomic E-state index is 12.2. The number of methoxy groups -OCH3 is 1. The maximum atomic E-state index is 12.2. The second-order valence-corrected chi connectivity index (χ2v) is 4.29. The van der Waals surface area contributed by atoms with Gasteiger partial charge < -0.3 is 9.47 Å². The highest BCUT2D eigenvalue weighted by Gasteiger charge is 2.09. The molecule has 4 nitrogen and oxygen atoms in total. The average Bonchev–Trinajstić information content (AvgIpc) is 2.48. The lowest BCUT2D eigenvalue weighted by Gasteiger charge is -2.06. The summed E-state index contributed by atoms with van der Waals surface area (Å²) < 4.78 is 10.5. The number of nitrogens with zero attached hydrogens (tertiary/aromatic N) is 1. The molecule has 0 fully saturated rings. The normalized spacial score (nSPS) is 10.1. The van der Waals surface area contributed by atoms with E-state index < -0.39 is 0 Å². The molecule has 0 aliphatic carbocycles. The van der Waals surface area contributed by atoms with Crippen LogP contribution in [0.25, 0.3) is 0 Å². The van der Waals surface area contributed by atoms with Crippen molar-refractivity contribution in [2.75, 3.05) is 13.7 Å². The number of benzene rings is 1. The van der Waals surface area contributed by atoms with E-state index in [0.717, 1.165) is 11.3 Å². The summed E-state index contributed by atoms with van der Waals surface area (Å²) in [6.07, 6.45) is 3.48. The Balaban J connectivity index is 2.12. The highest BCUT2D eigenvalue weighted by molar-refractivity contribution is 5.97. The number of ketones is 1. The molecule has 0 aliphatic heterocycles. The van der Waals surface area contributed by atoms with Crippen molar-refractivity contribution in [3.8, 4) is 11.5 Å². The standard InChI is InChI=1S/C16H17NO3/c1-3-20-15-9-13(10-17-11-15)16(18)8-12-5-4-6-14(7-12)19-2/h4-7,9-11H,3,8H2,1-2H3. The minimum Gasteiger partial charge on any atom is -0.497 e. The van der Waals surface area contributed by atoms with Crippen LogP contribution < -0.4 is 9.47 Å². The number of pyridine rings is 1. The molecule has 0 N–H and O–H groups in total. The molecule has 0 saturated heterocycles. The molecule has 4 heteroatoms. The van der Waals surface area contributed by atoms with Crippen LogP contribution in [0, 0.1) is 0 Å². The van der Waals surface area contributed by atoms with Crippen molar-refractivity contribution in [3.05, 3.63) is 53.9 Å². The van der Waals surface area contributed by atoms with Gasteiger partial charge in [0.2, 0.25) is 0 Å². The van der Waals surface area contributed by atoms with Crippen LogP contribution in [0.5, 0.6) is 11.5 Å². The Morgan fingerprint density at radius 3 is 2.80 bits per heavy atom. The zero-order chi connectivity index (χ0) is 14.4. The molecule has 2 aromatic rings. The molecule has 1 aromatic heterocycles. The first-order valence-corrected chi connectivity index (χ1v) is 6.47. The van der Waals surface area contributed by atoms with Crippen LogP contribution in [0.3, 0.4) is 0 Å². The Kier molecular flexibility index (Phi) is 4.71. The highest BCUT2D eigenvalue weighted by Crippen LogP contribution is 2.16. The molecule has 20 heavy (non-hydrogen) atoms. The van der Waals surface area contributed by atoms with E-state index in [2.05, 4.69) is 4.98 Å². The molecule has 0 radical (unpaired) electrons. The zero-order valence-electron chi connectivity index (χ0n) is 11.6. The Bertz CT molecular complexity index is 596. The van der Waals surface area contributed by atoms with E-state index in [1.807, 2.05) is 31.2 Å². The van der Waals surface area contributed by atoms with Gasteiger partial charge in [0.15, 0.2) is 5.78 Å². The second-order valence-electron chi connectivity index (χ2n) is 4.29. The molecular formula is C16H17NO3. The van der Waals surface area contributed by atoms with Crippen molar-refractivity contribution in [2.24, 2.45) is 0 Å². The van der Waals surface area contributed by atoms with Crippen molar-refractivity contribution in [1.82, 2.24) is 4.98 Å². The van der Waals surface area contributed by atoms with E-state index in [9.17, 15) is 4.79 Å². The monoisotopic (exact) mass is 271 g/mol. The molecular weight excluding hydrogens is 254 g/mol. The molecule has 0 amide bonds. The Morgan fingerprint density at radius 2 is 2.05 bits per heavy atom. The Morgan fingerprint density at radius 1 is 1.20 bits per heavy atom. The lowest BCUT2D eigenvalue weighted by molar-refractivity contribution is 0.0992. The van der Waals surface area contributed by atoms with Crippen molar-refractivity contribution >= 4 is 5.78 Å². The van der Waals surface area contributed by atoms with E-state index in [0.29, 0.717) is 24.3 Å². The van der Waals surface area contributed by atoms with Crippen molar-refractivity contribution in [1.29, 1.82) is 0 Å². The SMILES string of the molecule is CCOc1cncc(C(=O)Cc2cccc(OC)c2)c1. The van der Waals surface area contributed by atoms with Crippen molar-refractivity contribution in [2.45, 2.75) is 13.3 Å². The van der Waals surface area contributed by atoms with E-state index in [1.54, 1.807) is 25.6 Å². The zero-order valence-corrected chi connectivity index (χ0v) is 11.6. The van der Waals surface area contributed by atoms with E-state index >= 15 is 0 Å². The van der Waals surface area contributed by atoms with Crippen molar-refractivity contribution in [3.63, 3.8) is 0 Å². The maximum Gasteiger partial charge on any atom is 0.168 e. The summed E-state index contributed by atoms with van der Waals surface area (Å²) in [5, 5.41) is 0. The van der Waals surface area contributed by atoms with Crippen LogP contribution in [0.1, 0.15) is 22.8 Å². The fourth-order valence-electron chi connectivity index (χ4n) is 1.89. The third kappa shape index (κ3) is 3.57. The van der Waals surface area contributed by atoms with Gasteiger partial charge in [-0.3, -0.25) is 9.78 Å². The summed E-state index contributed by atoms with van der Waals surface area (Å²) >= 11 is 0. The molecule has 0 atom stereocenters. The molecule has 0 unspecified atom stereocenters. The summed E-state index contributed by atoms with van der Waals surface area (Å²) in [6, 6.07) is 9.21. The summed E-state index contributed by atoms with van der Waals surface area (Å²) in [7, 11) is 1.61. The van der Waals surface area contributed by atoms with E-state index in [-0.39, 0.29) is 5.78 Å². The first-order chi connectivity index (χ1) is 9.72. The summed E-state index contributed by atoms with van der Waals surface area (Å²) in [5.41, 5.74) is 1.47. The lowest BCUT2D eigenvalue weighted by atomic mass is 10.0. The predicted molar refractivity (Wildman–Crippen MR) is 76.4 cm³/mol. The average molecular weight is 271 g/mol. The minimum absolute atomic E-state index is 0.00676. The number of carbonyl (C=O) groups excluding carboxylic acids is 1. The van der Waals surface area contributed by atoms with Crippen LogP contribution in [-0.2, 0) is 6.42 Å². The van der Waals surface area contributed by atoms with Gasteiger partial charge in [0.25, 0.3) is 0 Å². The molecule has 1 aromatic carbocycles. The van der Waals surface area contributed by atoms with Gasteiger partial charge >= 0.3 is 0 Å². The lowest BCUT2D eigenvalue weighted by Crippen LogP contribution is -2.05. The Hall–Kier alpha value is -2.36. The smallest absolute Gasteiger partial charge is 0.168 e. The molecule has 0 aliphatic rings. The van der Waals surface area contributed by atoms with Crippen LogP contribution >= 0.6 is 0 Å².